The highest BCUT2D eigenvalue weighted by Gasteiger charge is 2.09. The zero-order chi connectivity index (χ0) is 12.1. The maximum Gasteiger partial charge on any atom is 0.124 e. The number of ether oxygens (including phenoxy) is 2. The quantitative estimate of drug-likeness (QED) is 0.814. The average molecular weight is 287 g/mol. The van der Waals surface area contributed by atoms with Crippen molar-refractivity contribution >= 4 is 15.9 Å². The molecule has 2 nitrogen and oxygen atoms in total. The van der Waals surface area contributed by atoms with Gasteiger partial charge < -0.3 is 9.47 Å². The lowest BCUT2D eigenvalue weighted by atomic mass is 10.1. The van der Waals surface area contributed by atoms with E-state index in [1.807, 2.05) is 18.2 Å². The summed E-state index contributed by atoms with van der Waals surface area (Å²) in [5, 5.41) is 0. The Morgan fingerprint density at radius 2 is 1.94 bits per heavy atom. The molecule has 0 fully saturated rings. The predicted molar refractivity (Wildman–Crippen MR) is 69.8 cm³/mol. The van der Waals surface area contributed by atoms with Crippen molar-refractivity contribution < 1.29 is 9.47 Å². The van der Waals surface area contributed by atoms with Crippen LogP contribution < -0.4 is 4.74 Å². The summed E-state index contributed by atoms with van der Waals surface area (Å²) >= 11 is 3.45. The Kier molecular flexibility index (Phi) is 5.29. The fourth-order valence-corrected chi connectivity index (χ4v) is 1.68. The first-order valence-electron chi connectivity index (χ1n) is 5.48. The second-order valence-corrected chi connectivity index (χ2v) is 5.13. The summed E-state index contributed by atoms with van der Waals surface area (Å²) in [5.74, 6) is 1.40. The van der Waals surface area contributed by atoms with E-state index in [-0.39, 0.29) is 6.10 Å². The van der Waals surface area contributed by atoms with E-state index in [1.165, 1.54) is 0 Å². The van der Waals surface area contributed by atoms with Crippen molar-refractivity contribution in [3.05, 3.63) is 28.2 Å². The molecule has 1 unspecified atom stereocenters. The molecule has 90 valence electrons. The summed E-state index contributed by atoms with van der Waals surface area (Å²) in [6.45, 7) is 6.99. The highest BCUT2D eigenvalue weighted by atomic mass is 79.9. The van der Waals surface area contributed by atoms with Crippen LogP contribution in [-0.4, -0.2) is 13.2 Å². The molecule has 0 saturated heterocycles. The van der Waals surface area contributed by atoms with Crippen molar-refractivity contribution in [3.8, 4) is 5.75 Å². The maximum atomic E-state index is 5.79. The molecule has 0 saturated carbocycles. The molecule has 0 aliphatic carbocycles. The molecular weight excluding hydrogens is 268 g/mol. The molecule has 0 aromatic heterocycles. The predicted octanol–water partition coefficient (Wildman–Crippen LogP) is 4.02. The summed E-state index contributed by atoms with van der Waals surface area (Å²) in [6.07, 6.45) is 0.253. The highest BCUT2D eigenvalue weighted by molar-refractivity contribution is 9.10. The third-order valence-corrected chi connectivity index (χ3v) is 3.18. The van der Waals surface area contributed by atoms with Crippen LogP contribution in [0.1, 0.15) is 26.3 Å². The third-order valence-electron chi connectivity index (χ3n) is 2.68. The zero-order valence-corrected chi connectivity index (χ0v) is 11.9. The summed E-state index contributed by atoms with van der Waals surface area (Å²) in [6, 6.07) is 5.95. The van der Waals surface area contributed by atoms with E-state index in [1.54, 1.807) is 7.11 Å². The van der Waals surface area contributed by atoms with E-state index in [2.05, 4.69) is 36.7 Å². The molecule has 0 heterocycles. The fraction of sp³-hybridized carbons (Fsp3) is 0.538. The smallest absolute Gasteiger partial charge is 0.124 e. The molecule has 1 aromatic rings. The van der Waals surface area contributed by atoms with Crippen LogP contribution in [0.2, 0.25) is 0 Å². The van der Waals surface area contributed by atoms with Crippen LogP contribution in [0, 0.1) is 5.92 Å². The Hall–Kier alpha value is -0.540. The van der Waals surface area contributed by atoms with Gasteiger partial charge >= 0.3 is 0 Å². The average Bonchev–Trinajstić information content (AvgIpc) is 2.25. The Morgan fingerprint density at radius 3 is 2.50 bits per heavy atom. The second-order valence-electron chi connectivity index (χ2n) is 4.22. The first-order chi connectivity index (χ1) is 7.54. The SMILES string of the molecule is COc1ccc(Br)cc1COC(C)C(C)C. The molecule has 1 aromatic carbocycles. The van der Waals surface area contributed by atoms with Crippen LogP contribution in [0.15, 0.2) is 22.7 Å². The number of hydrogen-bond acceptors (Lipinski definition) is 2. The van der Waals surface area contributed by atoms with Crippen molar-refractivity contribution in [3.63, 3.8) is 0 Å². The van der Waals surface area contributed by atoms with Crippen molar-refractivity contribution in [1.29, 1.82) is 0 Å². The maximum absolute atomic E-state index is 5.79. The van der Waals surface area contributed by atoms with E-state index >= 15 is 0 Å². The number of rotatable bonds is 5. The van der Waals surface area contributed by atoms with Crippen molar-refractivity contribution in [2.75, 3.05) is 7.11 Å². The minimum Gasteiger partial charge on any atom is -0.496 e. The van der Waals surface area contributed by atoms with Crippen LogP contribution in [0.5, 0.6) is 5.75 Å². The molecule has 0 spiro atoms. The Labute approximate surface area is 106 Å². The molecule has 3 heteroatoms. The summed E-state index contributed by atoms with van der Waals surface area (Å²) < 4.78 is 12.1. The largest absolute Gasteiger partial charge is 0.496 e. The van der Waals surface area contributed by atoms with Gasteiger partial charge in [-0.1, -0.05) is 29.8 Å². The molecule has 0 radical (unpaired) electrons. The number of methoxy groups -OCH3 is 1. The first-order valence-corrected chi connectivity index (χ1v) is 6.28. The van der Waals surface area contributed by atoms with E-state index in [9.17, 15) is 0 Å². The molecule has 0 bridgehead atoms. The van der Waals surface area contributed by atoms with Gasteiger partial charge in [0, 0.05) is 10.0 Å². The lowest BCUT2D eigenvalue weighted by Crippen LogP contribution is -2.15. The van der Waals surface area contributed by atoms with Gasteiger partial charge in [0.05, 0.1) is 19.8 Å². The van der Waals surface area contributed by atoms with Gasteiger partial charge in [0.1, 0.15) is 5.75 Å². The molecule has 0 aliphatic heterocycles. The van der Waals surface area contributed by atoms with Crippen LogP contribution >= 0.6 is 15.9 Å². The normalized spacial score (nSPS) is 12.9. The molecule has 1 atom stereocenters. The van der Waals surface area contributed by atoms with Gasteiger partial charge in [-0.2, -0.15) is 0 Å². The van der Waals surface area contributed by atoms with Gasteiger partial charge in [0.2, 0.25) is 0 Å². The van der Waals surface area contributed by atoms with E-state index < -0.39 is 0 Å². The van der Waals surface area contributed by atoms with Gasteiger partial charge in [-0.05, 0) is 31.0 Å². The molecule has 1 rings (SSSR count). The van der Waals surface area contributed by atoms with Crippen LogP contribution in [0.4, 0.5) is 0 Å². The van der Waals surface area contributed by atoms with E-state index in [0.717, 1.165) is 15.8 Å². The van der Waals surface area contributed by atoms with E-state index in [4.69, 9.17) is 9.47 Å². The lowest BCUT2D eigenvalue weighted by molar-refractivity contribution is 0.0226. The highest BCUT2D eigenvalue weighted by Crippen LogP contribution is 2.24. The van der Waals surface area contributed by atoms with Crippen molar-refractivity contribution in [2.24, 2.45) is 5.92 Å². The molecule has 0 aliphatic rings. The van der Waals surface area contributed by atoms with Crippen molar-refractivity contribution in [1.82, 2.24) is 0 Å². The van der Waals surface area contributed by atoms with Gasteiger partial charge in [-0.3, -0.25) is 0 Å². The van der Waals surface area contributed by atoms with Crippen LogP contribution in [0.3, 0.4) is 0 Å². The Balaban J connectivity index is 2.68. The van der Waals surface area contributed by atoms with Gasteiger partial charge in [0.15, 0.2) is 0 Å². The Morgan fingerprint density at radius 1 is 1.25 bits per heavy atom. The Bertz CT molecular complexity index is 337. The topological polar surface area (TPSA) is 18.5 Å². The third kappa shape index (κ3) is 3.80. The molecule has 0 amide bonds. The number of hydrogen-bond donors (Lipinski definition) is 0. The molecule has 0 N–H and O–H groups in total. The van der Waals surface area contributed by atoms with E-state index in [0.29, 0.717) is 12.5 Å². The summed E-state index contributed by atoms with van der Waals surface area (Å²) in [5.41, 5.74) is 1.07. The standard InChI is InChI=1S/C13H19BrO2/c1-9(2)10(3)16-8-11-7-12(14)5-6-13(11)15-4/h5-7,9-10H,8H2,1-4H3. The molecular formula is C13H19BrO2. The summed E-state index contributed by atoms with van der Waals surface area (Å²) in [4.78, 5) is 0. The van der Waals surface area contributed by atoms with Gasteiger partial charge in [-0.15, -0.1) is 0 Å². The van der Waals surface area contributed by atoms with Crippen LogP contribution in [-0.2, 0) is 11.3 Å². The first kappa shape index (κ1) is 13.5. The summed E-state index contributed by atoms with van der Waals surface area (Å²) in [7, 11) is 1.68. The minimum absolute atomic E-state index is 0.253. The lowest BCUT2D eigenvalue weighted by Gasteiger charge is -2.17. The monoisotopic (exact) mass is 286 g/mol. The van der Waals surface area contributed by atoms with Gasteiger partial charge in [-0.25, -0.2) is 0 Å². The van der Waals surface area contributed by atoms with Crippen LogP contribution in [0.25, 0.3) is 0 Å². The zero-order valence-electron chi connectivity index (χ0n) is 10.3. The van der Waals surface area contributed by atoms with Crippen molar-refractivity contribution in [2.45, 2.75) is 33.5 Å². The fourth-order valence-electron chi connectivity index (χ4n) is 1.27. The number of benzene rings is 1. The second kappa shape index (κ2) is 6.26. The number of halogens is 1. The molecule has 16 heavy (non-hydrogen) atoms. The van der Waals surface area contributed by atoms with Gasteiger partial charge in [0.25, 0.3) is 0 Å². The minimum atomic E-state index is 0.253.